The van der Waals surface area contributed by atoms with Crippen molar-refractivity contribution in [2.75, 3.05) is 13.6 Å². The molecule has 4 atom stereocenters. The first-order valence-electron chi connectivity index (χ1n) is 8.74. The molecule has 128 valence electrons. The van der Waals surface area contributed by atoms with Crippen LogP contribution in [0.1, 0.15) is 42.9 Å². The fourth-order valence-corrected chi connectivity index (χ4v) is 5.23. The first kappa shape index (κ1) is 15.8. The van der Waals surface area contributed by atoms with Gasteiger partial charge in [-0.1, -0.05) is 5.16 Å². The van der Waals surface area contributed by atoms with Gasteiger partial charge in [0.15, 0.2) is 0 Å². The predicted octanol–water partition coefficient (Wildman–Crippen LogP) is 3.71. The number of nitrogens with zero attached hydrogens (tertiary/aromatic N) is 3. The van der Waals surface area contributed by atoms with E-state index in [1.807, 2.05) is 24.9 Å². The first-order valence-corrected chi connectivity index (χ1v) is 9.55. The normalized spacial score (nSPS) is 28.5. The number of hydrogen-bond acceptors (Lipinski definition) is 5. The average Bonchev–Trinajstić information content (AvgIpc) is 3.34. The Hall–Kier alpha value is -1.69. The summed E-state index contributed by atoms with van der Waals surface area (Å²) in [6.45, 7) is 4.83. The minimum atomic E-state index is 0.00655. The van der Waals surface area contributed by atoms with Gasteiger partial charge in [0.1, 0.15) is 0 Å². The number of fused-ring (bicyclic) bond motifs is 2. The largest absolute Gasteiger partial charge is 0.346 e. The second-order valence-corrected chi connectivity index (χ2v) is 8.39. The van der Waals surface area contributed by atoms with Crippen LogP contribution < -0.4 is 0 Å². The Bertz CT molecular complexity index is 753. The third-order valence-electron chi connectivity index (χ3n) is 5.74. The quantitative estimate of drug-likeness (QED) is 0.847. The Labute approximate surface area is 146 Å². The zero-order chi connectivity index (χ0) is 16.8. The van der Waals surface area contributed by atoms with Crippen molar-refractivity contribution in [1.29, 1.82) is 0 Å². The lowest BCUT2D eigenvalue weighted by atomic mass is 9.78. The molecular formula is C18H23N3O2S. The van der Waals surface area contributed by atoms with E-state index >= 15 is 0 Å². The molecule has 0 aliphatic heterocycles. The molecule has 0 spiro atoms. The highest BCUT2D eigenvalue weighted by Crippen LogP contribution is 2.56. The van der Waals surface area contributed by atoms with E-state index in [0.717, 1.165) is 24.3 Å². The highest BCUT2D eigenvalue weighted by molar-refractivity contribution is 7.15. The Balaban J connectivity index is 1.64. The van der Waals surface area contributed by atoms with E-state index < -0.39 is 0 Å². The van der Waals surface area contributed by atoms with Gasteiger partial charge in [-0.25, -0.2) is 0 Å². The molecule has 5 nitrogen and oxygen atoms in total. The summed E-state index contributed by atoms with van der Waals surface area (Å²) in [5.74, 6) is 2.63. The van der Waals surface area contributed by atoms with Gasteiger partial charge >= 0.3 is 0 Å². The van der Waals surface area contributed by atoms with Crippen molar-refractivity contribution in [1.82, 2.24) is 15.0 Å². The van der Waals surface area contributed by atoms with E-state index in [0.29, 0.717) is 23.6 Å². The lowest BCUT2D eigenvalue weighted by Gasteiger charge is -2.30. The van der Waals surface area contributed by atoms with Crippen LogP contribution in [-0.2, 0) is 4.79 Å². The van der Waals surface area contributed by atoms with Gasteiger partial charge in [0.2, 0.25) is 17.6 Å². The molecule has 2 fully saturated rings. The van der Waals surface area contributed by atoms with Crippen molar-refractivity contribution >= 4 is 17.2 Å². The second kappa shape index (κ2) is 5.99. The molecular weight excluding hydrogens is 322 g/mol. The van der Waals surface area contributed by atoms with E-state index in [1.54, 1.807) is 11.3 Å². The van der Waals surface area contributed by atoms with Crippen molar-refractivity contribution in [3.05, 3.63) is 22.9 Å². The molecule has 0 aromatic carbocycles. The molecule has 6 heteroatoms. The van der Waals surface area contributed by atoms with Crippen LogP contribution >= 0.6 is 11.3 Å². The Morgan fingerprint density at radius 1 is 1.38 bits per heavy atom. The highest BCUT2D eigenvalue weighted by Gasteiger charge is 2.54. The molecule has 2 aromatic heterocycles. The first-order chi connectivity index (χ1) is 11.6. The molecule has 1 amide bonds. The van der Waals surface area contributed by atoms with Crippen molar-refractivity contribution in [3.63, 3.8) is 0 Å². The number of amides is 1. The molecule has 2 aliphatic rings. The molecule has 0 saturated heterocycles. The number of aryl methyl sites for hydroxylation is 1. The van der Waals surface area contributed by atoms with Crippen LogP contribution in [0.5, 0.6) is 0 Å². The summed E-state index contributed by atoms with van der Waals surface area (Å²) < 4.78 is 5.63. The molecule has 2 aliphatic carbocycles. The topological polar surface area (TPSA) is 59.2 Å². The predicted molar refractivity (Wildman–Crippen MR) is 92.7 cm³/mol. The SMILES string of the molecule is CCN(C)C(=O)[C@H]1[C@H]2CC[C@H](C2)[C@@H]1c1nc(-c2ccc(C)s2)no1. The maximum absolute atomic E-state index is 12.9. The lowest BCUT2D eigenvalue weighted by molar-refractivity contribution is -0.136. The maximum Gasteiger partial charge on any atom is 0.231 e. The van der Waals surface area contributed by atoms with Gasteiger partial charge < -0.3 is 9.42 Å². The average molecular weight is 345 g/mol. The number of hydrogen-bond donors (Lipinski definition) is 0. The summed E-state index contributed by atoms with van der Waals surface area (Å²) in [5, 5.41) is 4.19. The van der Waals surface area contributed by atoms with Crippen molar-refractivity contribution in [2.45, 2.75) is 39.0 Å². The third kappa shape index (κ3) is 2.48. The summed E-state index contributed by atoms with van der Waals surface area (Å²) in [7, 11) is 1.89. The van der Waals surface area contributed by atoms with Crippen molar-refractivity contribution < 1.29 is 9.32 Å². The standard InChI is InChI=1S/C18H23N3O2S/c1-4-21(3)18(22)15-12-7-6-11(9-12)14(15)17-19-16(20-23-17)13-8-5-10(2)24-13/h5,8,11-12,14-15H,4,6-7,9H2,1-3H3/t11-,12+,14+,15+/m1/s1. The Morgan fingerprint density at radius 2 is 2.17 bits per heavy atom. The smallest absolute Gasteiger partial charge is 0.231 e. The summed E-state index contributed by atoms with van der Waals surface area (Å²) >= 11 is 1.67. The highest BCUT2D eigenvalue weighted by atomic mass is 32.1. The summed E-state index contributed by atoms with van der Waals surface area (Å²) in [5.41, 5.74) is 0. The van der Waals surface area contributed by atoms with Gasteiger partial charge in [0.25, 0.3) is 0 Å². The Morgan fingerprint density at radius 3 is 2.88 bits per heavy atom. The van der Waals surface area contributed by atoms with E-state index in [1.165, 1.54) is 11.3 Å². The van der Waals surface area contributed by atoms with E-state index in [4.69, 9.17) is 4.52 Å². The molecule has 24 heavy (non-hydrogen) atoms. The van der Waals surface area contributed by atoms with Crippen LogP contribution in [0, 0.1) is 24.7 Å². The van der Waals surface area contributed by atoms with Gasteiger partial charge in [-0.3, -0.25) is 4.79 Å². The molecule has 0 radical (unpaired) electrons. The molecule has 0 N–H and O–H groups in total. The van der Waals surface area contributed by atoms with Gasteiger partial charge in [-0.15, -0.1) is 11.3 Å². The van der Waals surface area contributed by atoms with Gasteiger partial charge in [0, 0.05) is 18.5 Å². The third-order valence-corrected chi connectivity index (χ3v) is 6.74. The van der Waals surface area contributed by atoms with Crippen LogP contribution in [0.25, 0.3) is 10.7 Å². The molecule has 2 heterocycles. The van der Waals surface area contributed by atoms with Crippen LogP contribution in [-0.4, -0.2) is 34.5 Å². The Kier molecular flexibility index (Phi) is 3.95. The van der Waals surface area contributed by atoms with E-state index in [9.17, 15) is 4.79 Å². The molecule has 2 saturated carbocycles. The maximum atomic E-state index is 12.9. The number of rotatable bonds is 4. The van der Waals surface area contributed by atoms with Gasteiger partial charge in [0.05, 0.1) is 16.7 Å². The monoisotopic (exact) mass is 345 g/mol. The van der Waals surface area contributed by atoms with Crippen molar-refractivity contribution in [2.24, 2.45) is 17.8 Å². The zero-order valence-corrected chi connectivity index (χ0v) is 15.2. The summed E-state index contributed by atoms with van der Waals surface area (Å²) in [4.78, 5) is 21.6. The molecule has 2 bridgehead atoms. The van der Waals surface area contributed by atoms with Crippen LogP contribution in [0.15, 0.2) is 16.7 Å². The number of carbonyl (C=O) groups is 1. The van der Waals surface area contributed by atoms with E-state index in [2.05, 4.69) is 23.1 Å². The van der Waals surface area contributed by atoms with Crippen LogP contribution in [0.4, 0.5) is 0 Å². The molecule has 2 aromatic rings. The lowest BCUT2D eigenvalue weighted by Crippen LogP contribution is -2.38. The summed E-state index contributed by atoms with van der Waals surface area (Å²) in [6.07, 6.45) is 3.44. The molecule has 0 unspecified atom stereocenters. The fourth-order valence-electron chi connectivity index (χ4n) is 4.44. The van der Waals surface area contributed by atoms with Crippen molar-refractivity contribution in [3.8, 4) is 10.7 Å². The number of thiophene rings is 1. The van der Waals surface area contributed by atoms with E-state index in [-0.39, 0.29) is 17.7 Å². The fraction of sp³-hybridized carbons (Fsp3) is 0.611. The minimum absolute atomic E-state index is 0.00655. The summed E-state index contributed by atoms with van der Waals surface area (Å²) in [6, 6.07) is 4.10. The second-order valence-electron chi connectivity index (χ2n) is 7.10. The zero-order valence-electron chi connectivity index (χ0n) is 14.4. The van der Waals surface area contributed by atoms with Crippen LogP contribution in [0.2, 0.25) is 0 Å². The minimum Gasteiger partial charge on any atom is -0.346 e. The van der Waals surface area contributed by atoms with Gasteiger partial charge in [-0.2, -0.15) is 4.98 Å². The van der Waals surface area contributed by atoms with Crippen LogP contribution in [0.3, 0.4) is 0 Å². The number of carbonyl (C=O) groups excluding carboxylic acids is 1. The number of aromatic nitrogens is 2. The van der Waals surface area contributed by atoms with Gasteiger partial charge in [-0.05, 0) is 57.1 Å². The molecule has 4 rings (SSSR count).